The average molecular weight is 390 g/mol. The molecule has 6 nitrogen and oxygen atoms in total. The predicted octanol–water partition coefficient (Wildman–Crippen LogP) is 3.47. The number of nitrogens with one attached hydrogen (secondary N) is 2. The lowest BCUT2D eigenvalue weighted by Crippen LogP contribution is -2.30. The molecule has 0 heterocycles. The van der Waals surface area contributed by atoms with Crippen LogP contribution in [-0.2, 0) is 10.0 Å². The Morgan fingerprint density at radius 1 is 1.04 bits per heavy atom. The van der Waals surface area contributed by atoms with E-state index in [0.29, 0.717) is 5.69 Å². The first-order chi connectivity index (χ1) is 12.8. The minimum Gasteiger partial charge on any atom is -0.372 e. The Bertz CT molecular complexity index is 874. The second kappa shape index (κ2) is 9.01. The number of nitrogens with zero attached hydrogens (tertiary/aromatic N) is 1. The SMILES string of the molecule is CCN(CC)c1ccc(NC(=O)c2cccc(S(=O)(=O)NC(C)C)c2)cc1. The number of carbonyl (C=O) groups is 1. The average Bonchev–Trinajstić information content (AvgIpc) is 2.63. The maximum absolute atomic E-state index is 12.5. The molecule has 0 unspecified atom stereocenters. The monoisotopic (exact) mass is 389 g/mol. The van der Waals surface area contributed by atoms with E-state index in [1.807, 2.05) is 24.3 Å². The Labute approximate surface area is 161 Å². The van der Waals surface area contributed by atoms with Crippen LogP contribution in [0.1, 0.15) is 38.1 Å². The van der Waals surface area contributed by atoms with E-state index in [1.54, 1.807) is 26.0 Å². The molecule has 0 saturated carbocycles. The highest BCUT2D eigenvalue weighted by molar-refractivity contribution is 7.89. The Hall–Kier alpha value is -2.38. The summed E-state index contributed by atoms with van der Waals surface area (Å²) in [6.07, 6.45) is 0. The third-order valence-corrected chi connectivity index (χ3v) is 5.71. The second-order valence-electron chi connectivity index (χ2n) is 6.48. The van der Waals surface area contributed by atoms with E-state index in [4.69, 9.17) is 0 Å². The third kappa shape index (κ3) is 5.55. The molecular weight excluding hydrogens is 362 g/mol. The van der Waals surface area contributed by atoms with E-state index >= 15 is 0 Å². The molecule has 0 aliphatic carbocycles. The van der Waals surface area contributed by atoms with E-state index in [0.717, 1.165) is 18.8 Å². The number of anilines is 2. The van der Waals surface area contributed by atoms with Crippen LogP contribution in [0.25, 0.3) is 0 Å². The summed E-state index contributed by atoms with van der Waals surface area (Å²) >= 11 is 0. The van der Waals surface area contributed by atoms with Crippen molar-refractivity contribution in [3.8, 4) is 0 Å². The van der Waals surface area contributed by atoms with Crippen molar-refractivity contribution in [3.05, 3.63) is 54.1 Å². The number of rotatable bonds is 8. The van der Waals surface area contributed by atoms with Crippen LogP contribution < -0.4 is 14.9 Å². The van der Waals surface area contributed by atoms with Crippen molar-refractivity contribution in [3.63, 3.8) is 0 Å². The van der Waals surface area contributed by atoms with Gasteiger partial charge in [-0.1, -0.05) is 6.07 Å². The van der Waals surface area contributed by atoms with Gasteiger partial charge in [0.15, 0.2) is 0 Å². The van der Waals surface area contributed by atoms with Gasteiger partial charge < -0.3 is 10.2 Å². The standard InChI is InChI=1S/C20H27N3O3S/c1-5-23(6-2)18-12-10-17(11-13-18)21-20(24)16-8-7-9-19(14-16)27(25,26)22-15(3)4/h7-15,22H,5-6H2,1-4H3,(H,21,24). The predicted molar refractivity (Wildman–Crippen MR) is 110 cm³/mol. The number of hydrogen-bond acceptors (Lipinski definition) is 4. The van der Waals surface area contributed by atoms with Crippen molar-refractivity contribution in [1.82, 2.24) is 4.72 Å². The van der Waals surface area contributed by atoms with Gasteiger partial charge in [0.1, 0.15) is 0 Å². The van der Waals surface area contributed by atoms with Crippen molar-refractivity contribution in [2.24, 2.45) is 0 Å². The highest BCUT2D eigenvalue weighted by Crippen LogP contribution is 2.19. The minimum absolute atomic E-state index is 0.0701. The summed E-state index contributed by atoms with van der Waals surface area (Å²) in [5.74, 6) is -0.354. The highest BCUT2D eigenvalue weighted by Gasteiger charge is 2.17. The van der Waals surface area contributed by atoms with Crippen LogP contribution in [0.2, 0.25) is 0 Å². The number of amides is 1. The molecule has 0 spiro atoms. The van der Waals surface area contributed by atoms with Crippen molar-refractivity contribution in [1.29, 1.82) is 0 Å². The Morgan fingerprint density at radius 3 is 2.22 bits per heavy atom. The first-order valence-corrected chi connectivity index (χ1v) is 10.5. The molecule has 0 bridgehead atoms. The second-order valence-corrected chi connectivity index (χ2v) is 8.19. The highest BCUT2D eigenvalue weighted by atomic mass is 32.2. The van der Waals surface area contributed by atoms with Gasteiger partial charge in [0.2, 0.25) is 10.0 Å². The van der Waals surface area contributed by atoms with Crippen LogP contribution in [0.15, 0.2) is 53.4 Å². The maximum atomic E-state index is 12.5. The molecule has 0 radical (unpaired) electrons. The van der Waals surface area contributed by atoms with Gasteiger partial charge in [0, 0.05) is 36.1 Å². The van der Waals surface area contributed by atoms with E-state index in [9.17, 15) is 13.2 Å². The zero-order valence-electron chi connectivity index (χ0n) is 16.2. The summed E-state index contributed by atoms with van der Waals surface area (Å²) in [7, 11) is -3.64. The summed E-state index contributed by atoms with van der Waals surface area (Å²) in [5.41, 5.74) is 2.03. The molecule has 0 saturated heterocycles. The molecule has 0 aromatic heterocycles. The van der Waals surface area contributed by atoms with E-state index in [-0.39, 0.29) is 22.4 Å². The lowest BCUT2D eigenvalue weighted by molar-refractivity contribution is 0.102. The molecule has 0 atom stereocenters. The van der Waals surface area contributed by atoms with Crippen molar-refractivity contribution in [2.75, 3.05) is 23.3 Å². The Morgan fingerprint density at radius 2 is 1.67 bits per heavy atom. The lowest BCUT2D eigenvalue weighted by atomic mass is 10.2. The molecule has 0 fully saturated rings. The van der Waals surface area contributed by atoms with Gasteiger partial charge in [-0.2, -0.15) is 0 Å². The molecule has 2 rings (SSSR count). The zero-order chi connectivity index (χ0) is 20.0. The van der Waals surface area contributed by atoms with Crippen molar-refractivity contribution >= 4 is 27.3 Å². The van der Waals surface area contributed by atoms with Crippen molar-refractivity contribution < 1.29 is 13.2 Å². The number of carbonyl (C=O) groups excluding carboxylic acids is 1. The van der Waals surface area contributed by atoms with Gasteiger partial charge in [0.05, 0.1) is 4.90 Å². The maximum Gasteiger partial charge on any atom is 0.255 e. The topological polar surface area (TPSA) is 78.5 Å². The first kappa shape index (κ1) is 20.9. The summed E-state index contributed by atoms with van der Waals surface area (Å²) in [6.45, 7) is 9.50. The van der Waals surface area contributed by atoms with Gasteiger partial charge in [-0.05, 0) is 70.2 Å². The lowest BCUT2D eigenvalue weighted by Gasteiger charge is -2.21. The van der Waals surface area contributed by atoms with E-state index < -0.39 is 10.0 Å². The quantitative estimate of drug-likeness (QED) is 0.725. The molecule has 0 aliphatic rings. The molecular formula is C20H27N3O3S. The fourth-order valence-electron chi connectivity index (χ4n) is 2.73. The molecule has 1 amide bonds. The summed E-state index contributed by atoms with van der Waals surface area (Å²) in [4.78, 5) is 14.8. The molecule has 146 valence electrons. The number of hydrogen-bond donors (Lipinski definition) is 2. The number of benzene rings is 2. The third-order valence-electron chi connectivity index (χ3n) is 4.05. The van der Waals surface area contributed by atoms with E-state index in [2.05, 4.69) is 28.8 Å². The van der Waals surface area contributed by atoms with Crippen LogP contribution in [0.3, 0.4) is 0 Å². The van der Waals surface area contributed by atoms with Crippen LogP contribution >= 0.6 is 0 Å². The first-order valence-electron chi connectivity index (χ1n) is 9.05. The number of sulfonamides is 1. The molecule has 2 aromatic carbocycles. The minimum atomic E-state index is -3.64. The van der Waals surface area contributed by atoms with Gasteiger partial charge in [-0.25, -0.2) is 13.1 Å². The largest absolute Gasteiger partial charge is 0.372 e. The molecule has 7 heteroatoms. The van der Waals surface area contributed by atoms with Crippen LogP contribution in [-0.4, -0.2) is 33.5 Å². The summed E-state index contributed by atoms with van der Waals surface area (Å²) in [6, 6.07) is 13.4. The van der Waals surface area contributed by atoms with Crippen LogP contribution in [0.4, 0.5) is 11.4 Å². The van der Waals surface area contributed by atoms with Gasteiger partial charge in [-0.15, -0.1) is 0 Å². The normalized spacial score (nSPS) is 11.4. The molecule has 0 aliphatic heterocycles. The molecule has 2 N–H and O–H groups in total. The Balaban J connectivity index is 2.16. The molecule has 27 heavy (non-hydrogen) atoms. The van der Waals surface area contributed by atoms with E-state index in [1.165, 1.54) is 12.1 Å². The molecule has 2 aromatic rings. The van der Waals surface area contributed by atoms with Crippen LogP contribution in [0.5, 0.6) is 0 Å². The van der Waals surface area contributed by atoms with Crippen molar-refractivity contribution in [2.45, 2.75) is 38.6 Å². The van der Waals surface area contributed by atoms with Gasteiger partial charge in [-0.3, -0.25) is 4.79 Å². The summed E-state index contributed by atoms with van der Waals surface area (Å²) < 4.78 is 27.1. The van der Waals surface area contributed by atoms with Gasteiger partial charge >= 0.3 is 0 Å². The fourth-order valence-corrected chi connectivity index (χ4v) is 4.03. The summed E-state index contributed by atoms with van der Waals surface area (Å²) in [5, 5.41) is 2.81. The Kier molecular flexibility index (Phi) is 6.98. The smallest absolute Gasteiger partial charge is 0.255 e. The fraction of sp³-hybridized carbons (Fsp3) is 0.350. The van der Waals surface area contributed by atoms with Crippen LogP contribution in [0, 0.1) is 0 Å². The zero-order valence-corrected chi connectivity index (χ0v) is 17.0. The van der Waals surface area contributed by atoms with Gasteiger partial charge in [0.25, 0.3) is 5.91 Å².